The third-order valence-electron chi connectivity index (χ3n) is 5.86. The average Bonchev–Trinajstić information content (AvgIpc) is 2.83. The number of amides is 1. The molecule has 1 amide bonds. The molecule has 0 aliphatic carbocycles. The lowest BCUT2D eigenvalue weighted by Gasteiger charge is -2.29. The van der Waals surface area contributed by atoms with Crippen molar-refractivity contribution in [3.8, 4) is 5.75 Å². The average molecular weight is 453 g/mol. The number of hydrogen-bond donors (Lipinski definition) is 1. The molecule has 33 heavy (non-hydrogen) atoms. The van der Waals surface area contributed by atoms with Gasteiger partial charge in [-0.25, -0.2) is 8.78 Å². The van der Waals surface area contributed by atoms with Crippen molar-refractivity contribution in [1.29, 1.82) is 0 Å². The van der Waals surface area contributed by atoms with Crippen molar-refractivity contribution < 1.29 is 23.0 Å². The van der Waals surface area contributed by atoms with Crippen molar-refractivity contribution in [2.75, 3.05) is 13.7 Å². The highest BCUT2D eigenvalue weighted by molar-refractivity contribution is 5.92. The fourth-order valence-corrected chi connectivity index (χ4v) is 4.05. The molecular weight excluding hydrogens is 426 g/mol. The van der Waals surface area contributed by atoms with Crippen LogP contribution in [0.3, 0.4) is 0 Å². The minimum atomic E-state index is -0.579. The minimum Gasteiger partial charge on any atom is -0.497 e. The second kappa shape index (κ2) is 10.5. The van der Waals surface area contributed by atoms with Gasteiger partial charge in [-0.15, -0.1) is 0 Å². The number of hydrogen-bond acceptors (Lipinski definition) is 4. The Morgan fingerprint density at radius 2 is 2.09 bits per heavy atom. The maximum absolute atomic E-state index is 13.7. The molecule has 4 rings (SSSR count). The Kier molecular flexibility index (Phi) is 7.29. The van der Waals surface area contributed by atoms with Gasteiger partial charge in [-0.3, -0.25) is 9.78 Å². The van der Waals surface area contributed by atoms with Crippen molar-refractivity contribution >= 4 is 22.9 Å². The number of aryl methyl sites for hydroxylation is 1. The van der Waals surface area contributed by atoms with E-state index in [-0.39, 0.29) is 23.6 Å². The molecule has 1 N–H and O–H groups in total. The largest absolute Gasteiger partial charge is 0.497 e. The number of rotatable bonds is 7. The van der Waals surface area contributed by atoms with Gasteiger partial charge in [0.25, 0.3) is 0 Å². The van der Waals surface area contributed by atoms with E-state index in [1.807, 2.05) is 30.5 Å². The second-order valence-electron chi connectivity index (χ2n) is 8.13. The predicted molar refractivity (Wildman–Crippen MR) is 123 cm³/mol. The van der Waals surface area contributed by atoms with E-state index < -0.39 is 11.6 Å². The molecule has 2 heterocycles. The van der Waals surface area contributed by atoms with Crippen LogP contribution >= 0.6 is 0 Å². The minimum absolute atomic E-state index is 0.0337. The molecule has 172 valence electrons. The van der Waals surface area contributed by atoms with Gasteiger partial charge in [-0.1, -0.05) is 0 Å². The molecule has 1 saturated heterocycles. The van der Waals surface area contributed by atoms with E-state index in [1.54, 1.807) is 7.11 Å². The number of pyridine rings is 1. The number of fused-ring (bicyclic) bond motifs is 1. The smallest absolute Gasteiger partial charge is 0.244 e. The molecular formula is C26H26F2N2O3. The summed E-state index contributed by atoms with van der Waals surface area (Å²) in [5.41, 5.74) is 2.17. The van der Waals surface area contributed by atoms with Crippen molar-refractivity contribution in [1.82, 2.24) is 10.3 Å². The Morgan fingerprint density at radius 3 is 2.88 bits per heavy atom. The van der Waals surface area contributed by atoms with Gasteiger partial charge in [0.2, 0.25) is 5.91 Å². The summed E-state index contributed by atoms with van der Waals surface area (Å²) >= 11 is 0. The van der Waals surface area contributed by atoms with Crippen LogP contribution in [0.25, 0.3) is 17.0 Å². The van der Waals surface area contributed by atoms with Gasteiger partial charge in [0.05, 0.1) is 31.4 Å². The molecule has 5 nitrogen and oxygen atoms in total. The highest BCUT2D eigenvalue weighted by Crippen LogP contribution is 2.25. The van der Waals surface area contributed by atoms with Gasteiger partial charge in [0.15, 0.2) is 0 Å². The quantitative estimate of drug-likeness (QED) is 0.522. The van der Waals surface area contributed by atoms with Gasteiger partial charge < -0.3 is 14.8 Å². The lowest BCUT2D eigenvalue weighted by molar-refractivity contribution is -0.118. The van der Waals surface area contributed by atoms with Crippen LogP contribution in [0, 0.1) is 11.6 Å². The zero-order chi connectivity index (χ0) is 23.2. The second-order valence-corrected chi connectivity index (χ2v) is 8.13. The monoisotopic (exact) mass is 452 g/mol. The number of aromatic nitrogens is 1. The summed E-state index contributed by atoms with van der Waals surface area (Å²) in [5, 5.41) is 3.95. The maximum atomic E-state index is 13.7. The van der Waals surface area contributed by atoms with Crippen molar-refractivity contribution in [3.05, 3.63) is 77.5 Å². The number of carbonyl (C=O) groups excluding carboxylic acids is 1. The number of benzene rings is 2. The SMILES string of the molecule is COc1ccc2nccc(CCC3CCC(NC(=O)/C=C/c4cc(F)ccc4F)CO3)c2c1. The third-order valence-corrected chi connectivity index (χ3v) is 5.86. The summed E-state index contributed by atoms with van der Waals surface area (Å²) in [6, 6.07) is 10.9. The van der Waals surface area contributed by atoms with E-state index in [0.717, 1.165) is 60.5 Å². The van der Waals surface area contributed by atoms with Crippen LogP contribution in [0.4, 0.5) is 8.78 Å². The van der Waals surface area contributed by atoms with Crippen molar-refractivity contribution in [2.24, 2.45) is 0 Å². The number of ether oxygens (including phenoxy) is 2. The fourth-order valence-electron chi connectivity index (χ4n) is 4.05. The summed E-state index contributed by atoms with van der Waals surface area (Å²) in [6.45, 7) is 0.420. The highest BCUT2D eigenvalue weighted by Gasteiger charge is 2.22. The zero-order valence-corrected chi connectivity index (χ0v) is 18.4. The summed E-state index contributed by atoms with van der Waals surface area (Å²) in [5.74, 6) is -0.687. The maximum Gasteiger partial charge on any atom is 0.244 e. The zero-order valence-electron chi connectivity index (χ0n) is 18.4. The van der Waals surface area contributed by atoms with E-state index in [4.69, 9.17) is 9.47 Å². The molecule has 2 unspecified atom stereocenters. The summed E-state index contributed by atoms with van der Waals surface area (Å²) < 4.78 is 38.2. The van der Waals surface area contributed by atoms with Gasteiger partial charge in [0, 0.05) is 23.2 Å². The first-order valence-electron chi connectivity index (χ1n) is 11.0. The van der Waals surface area contributed by atoms with E-state index >= 15 is 0 Å². The predicted octanol–water partition coefficient (Wildman–Crippen LogP) is 4.83. The number of nitrogens with one attached hydrogen (secondary N) is 1. The number of nitrogens with zero attached hydrogens (tertiary/aromatic N) is 1. The van der Waals surface area contributed by atoms with Crippen molar-refractivity contribution in [3.63, 3.8) is 0 Å². The van der Waals surface area contributed by atoms with Crippen LogP contribution in [-0.4, -0.2) is 36.8 Å². The van der Waals surface area contributed by atoms with E-state index in [0.29, 0.717) is 6.61 Å². The molecule has 2 aromatic carbocycles. The lowest BCUT2D eigenvalue weighted by atomic mass is 9.97. The van der Waals surface area contributed by atoms with Crippen LogP contribution < -0.4 is 10.1 Å². The third kappa shape index (κ3) is 5.93. The molecule has 2 atom stereocenters. The first kappa shape index (κ1) is 22.9. The van der Waals surface area contributed by atoms with Gasteiger partial charge >= 0.3 is 0 Å². The Balaban J connectivity index is 1.26. The molecule has 0 spiro atoms. The first-order chi connectivity index (χ1) is 16.0. The first-order valence-corrected chi connectivity index (χ1v) is 11.0. The summed E-state index contributed by atoms with van der Waals surface area (Å²) in [7, 11) is 1.65. The molecule has 1 aliphatic heterocycles. The topological polar surface area (TPSA) is 60.5 Å². The normalized spacial score (nSPS) is 18.5. The summed E-state index contributed by atoms with van der Waals surface area (Å²) in [4.78, 5) is 16.6. The Bertz CT molecular complexity index is 1160. The van der Waals surface area contributed by atoms with Crippen LogP contribution in [0.15, 0.2) is 54.7 Å². The Morgan fingerprint density at radius 1 is 1.21 bits per heavy atom. The number of carbonyl (C=O) groups is 1. The van der Waals surface area contributed by atoms with E-state index in [1.165, 1.54) is 17.7 Å². The molecule has 0 saturated carbocycles. The molecule has 0 bridgehead atoms. The fraction of sp³-hybridized carbons (Fsp3) is 0.308. The van der Waals surface area contributed by atoms with Crippen LogP contribution in [0.5, 0.6) is 5.75 Å². The van der Waals surface area contributed by atoms with E-state index in [2.05, 4.69) is 10.3 Å². The van der Waals surface area contributed by atoms with Crippen LogP contribution in [-0.2, 0) is 16.0 Å². The Labute approximate surface area is 191 Å². The van der Waals surface area contributed by atoms with Crippen LogP contribution in [0.1, 0.15) is 30.4 Å². The van der Waals surface area contributed by atoms with E-state index in [9.17, 15) is 13.6 Å². The lowest BCUT2D eigenvalue weighted by Crippen LogP contribution is -2.42. The van der Waals surface area contributed by atoms with Gasteiger partial charge in [0.1, 0.15) is 17.4 Å². The number of halogens is 2. The molecule has 1 fully saturated rings. The number of methoxy groups -OCH3 is 1. The molecule has 1 aromatic heterocycles. The molecule has 1 aliphatic rings. The van der Waals surface area contributed by atoms with Crippen LogP contribution in [0.2, 0.25) is 0 Å². The standard InChI is InChI=1S/C26H26F2N2O3/c1-32-22-8-10-25-23(15-22)17(12-13-29-25)2-6-21-7-5-20(16-33-21)30-26(31)11-3-18-14-19(27)4-9-24(18)28/h3-4,8-15,20-21H,2,5-7,16H2,1H3,(H,30,31)/b11-3+. The van der Waals surface area contributed by atoms with Crippen molar-refractivity contribution in [2.45, 2.75) is 37.8 Å². The summed E-state index contributed by atoms with van der Waals surface area (Å²) in [6.07, 6.45) is 7.78. The molecule has 7 heteroatoms. The Hall–Kier alpha value is -3.32. The van der Waals surface area contributed by atoms with Gasteiger partial charge in [-0.05, 0) is 79.8 Å². The molecule has 0 radical (unpaired) electrons. The highest BCUT2D eigenvalue weighted by atomic mass is 19.1. The molecule has 3 aromatic rings. The van der Waals surface area contributed by atoms with Gasteiger partial charge in [-0.2, -0.15) is 0 Å².